The Balaban J connectivity index is 1.29. The fraction of sp³-hybridized carbons (Fsp3) is 0.323. The number of fused-ring (bicyclic) bond motifs is 1. The van der Waals surface area contributed by atoms with Crippen molar-refractivity contribution >= 4 is 45.9 Å². The minimum Gasteiger partial charge on any atom is -0.496 e. The molecule has 0 unspecified atom stereocenters. The molecule has 2 aromatic heterocycles. The van der Waals surface area contributed by atoms with Gasteiger partial charge in [-0.15, -0.1) is 21.5 Å². The van der Waals surface area contributed by atoms with Crippen LogP contribution in [0.3, 0.4) is 0 Å². The molecule has 4 aromatic rings. The Morgan fingerprint density at radius 1 is 1.05 bits per heavy atom. The lowest BCUT2D eigenvalue weighted by Gasteiger charge is -2.12. The number of benzene rings is 2. The second-order valence-electron chi connectivity index (χ2n) is 9.79. The van der Waals surface area contributed by atoms with Crippen molar-refractivity contribution in [1.29, 1.82) is 0 Å². The van der Waals surface area contributed by atoms with Crippen LogP contribution in [0, 0.1) is 0 Å². The number of anilines is 1. The number of hydrogen-bond donors (Lipinski definition) is 2. The quantitative estimate of drug-likeness (QED) is 0.160. The minimum atomic E-state index is -0.398. The molecular formula is C31H33N5O5S2. The van der Waals surface area contributed by atoms with E-state index in [4.69, 9.17) is 9.47 Å². The molecule has 2 aromatic carbocycles. The molecule has 0 radical (unpaired) electrons. The Hall–Kier alpha value is -4.16. The van der Waals surface area contributed by atoms with E-state index < -0.39 is 5.97 Å². The molecule has 1 aliphatic rings. The van der Waals surface area contributed by atoms with Crippen LogP contribution >= 0.6 is 23.1 Å². The normalized spacial score (nSPS) is 12.0. The SMILES string of the molecule is CCOC(=O)c1c(NC(=O)CSc2nnc(CNC(=O)c3ccccc3OC)n2CCc2ccccc2)sc2c1CCC2. The van der Waals surface area contributed by atoms with Gasteiger partial charge in [-0.05, 0) is 55.9 Å². The molecule has 0 spiro atoms. The lowest BCUT2D eigenvalue weighted by atomic mass is 10.1. The number of para-hydroxylation sites is 1. The highest BCUT2D eigenvalue weighted by atomic mass is 32.2. The van der Waals surface area contributed by atoms with Crippen molar-refractivity contribution in [1.82, 2.24) is 20.1 Å². The molecule has 0 fully saturated rings. The summed E-state index contributed by atoms with van der Waals surface area (Å²) in [6.45, 7) is 2.75. The molecule has 0 saturated heterocycles. The lowest BCUT2D eigenvalue weighted by molar-refractivity contribution is -0.113. The number of ether oxygens (including phenoxy) is 2. The first-order valence-corrected chi connectivity index (χ1v) is 15.9. The van der Waals surface area contributed by atoms with Gasteiger partial charge in [0.2, 0.25) is 5.91 Å². The first kappa shape index (κ1) is 30.3. The first-order chi connectivity index (χ1) is 21.0. The van der Waals surface area contributed by atoms with Gasteiger partial charge in [0.25, 0.3) is 5.91 Å². The summed E-state index contributed by atoms with van der Waals surface area (Å²) in [6, 6.07) is 17.1. The van der Waals surface area contributed by atoms with Gasteiger partial charge in [0.15, 0.2) is 11.0 Å². The average molecular weight is 620 g/mol. The monoisotopic (exact) mass is 619 g/mol. The maximum absolute atomic E-state index is 13.1. The number of esters is 1. The molecule has 2 amide bonds. The summed E-state index contributed by atoms with van der Waals surface area (Å²) in [4.78, 5) is 39.8. The largest absolute Gasteiger partial charge is 0.496 e. The van der Waals surface area contributed by atoms with E-state index >= 15 is 0 Å². The third-order valence-corrected chi connectivity index (χ3v) is 9.18. The molecule has 0 aliphatic heterocycles. The van der Waals surface area contributed by atoms with Gasteiger partial charge in [-0.25, -0.2) is 4.79 Å². The Bertz CT molecular complexity index is 1600. The van der Waals surface area contributed by atoms with E-state index in [0.717, 1.165) is 41.7 Å². The molecule has 0 saturated carbocycles. The van der Waals surface area contributed by atoms with E-state index in [1.807, 2.05) is 34.9 Å². The number of carbonyl (C=O) groups is 3. The number of rotatable bonds is 13. The van der Waals surface area contributed by atoms with Gasteiger partial charge in [0, 0.05) is 11.4 Å². The van der Waals surface area contributed by atoms with Crippen LogP contribution in [0.4, 0.5) is 5.00 Å². The number of hydrogen-bond acceptors (Lipinski definition) is 9. The number of methoxy groups -OCH3 is 1. The van der Waals surface area contributed by atoms with Crippen molar-refractivity contribution in [2.24, 2.45) is 0 Å². The van der Waals surface area contributed by atoms with Gasteiger partial charge in [0.1, 0.15) is 10.8 Å². The number of aromatic nitrogens is 3. The van der Waals surface area contributed by atoms with Gasteiger partial charge in [0.05, 0.1) is 37.1 Å². The van der Waals surface area contributed by atoms with Gasteiger partial charge in [-0.3, -0.25) is 9.59 Å². The summed E-state index contributed by atoms with van der Waals surface area (Å²) in [5.74, 6) is 0.187. The van der Waals surface area contributed by atoms with Gasteiger partial charge in [-0.2, -0.15) is 0 Å². The zero-order chi connectivity index (χ0) is 30.2. The lowest BCUT2D eigenvalue weighted by Crippen LogP contribution is -2.25. The number of thioether (sulfide) groups is 1. The van der Waals surface area contributed by atoms with Crippen LogP contribution in [0.15, 0.2) is 59.8 Å². The highest BCUT2D eigenvalue weighted by Crippen LogP contribution is 2.39. The zero-order valence-corrected chi connectivity index (χ0v) is 25.7. The van der Waals surface area contributed by atoms with Crippen molar-refractivity contribution in [3.05, 3.63) is 87.6 Å². The fourth-order valence-corrected chi connectivity index (χ4v) is 7.03. The molecule has 2 N–H and O–H groups in total. The van der Waals surface area contributed by atoms with Crippen molar-refractivity contribution in [3.63, 3.8) is 0 Å². The first-order valence-electron chi connectivity index (χ1n) is 14.1. The molecule has 224 valence electrons. The predicted molar refractivity (Wildman–Crippen MR) is 166 cm³/mol. The third kappa shape index (κ3) is 7.26. The molecular weight excluding hydrogens is 587 g/mol. The van der Waals surface area contributed by atoms with Crippen LogP contribution in [-0.4, -0.2) is 52.0 Å². The molecule has 1 aliphatic carbocycles. The number of nitrogens with zero attached hydrogens (tertiary/aromatic N) is 3. The van der Waals surface area contributed by atoms with E-state index in [1.54, 1.807) is 31.2 Å². The Kier molecular flexibility index (Phi) is 10.1. The standard InChI is InChI=1S/C31H33N5O5S2/c1-3-41-30(39)27-22-13-9-15-24(22)43-29(27)33-26(37)19-42-31-35-34-25(36(31)17-16-20-10-5-4-6-11-20)18-32-28(38)21-12-7-8-14-23(21)40-2/h4-8,10-12,14H,3,9,13,15-19H2,1-2H3,(H,32,38)(H,33,37). The molecule has 0 atom stereocenters. The number of thiophene rings is 1. The summed E-state index contributed by atoms with van der Waals surface area (Å²) < 4.78 is 12.5. The fourth-order valence-electron chi connectivity index (χ4n) is 4.96. The Morgan fingerprint density at radius 2 is 1.84 bits per heavy atom. The van der Waals surface area contributed by atoms with E-state index in [-0.39, 0.29) is 30.7 Å². The van der Waals surface area contributed by atoms with E-state index in [1.165, 1.54) is 30.2 Å². The molecule has 2 heterocycles. The smallest absolute Gasteiger partial charge is 0.341 e. The van der Waals surface area contributed by atoms with Crippen LogP contribution in [0.2, 0.25) is 0 Å². The van der Waals surface area contributed by atoms with Gasteiger partial charge in [-0.1, -0.05) is 54.2 Å². The van der Waals surface area contributed by atoms with Crippen LogP contribution in [0.25, 0.3) is 0 Å². The minimum absolute atomic E-state index is 0.0713. The van der Waals surface area contributed by atoms with Crippen LogP contribution in [0.1, 0.15) is 55.9 Å². The second-order valence-corrected chi connectivity index (χ2v) is 11.8. The summed E-state index contributed by atoms with van der Waals surface area (Å²) in [7, 11) is 1.52. The Labute approximate surface area is 258 Å². The zero-order valence-electron chi connectivity index (χ0n) is 24.1. The van der Waals surface area contributed by atoms with Gasteiger partial charge >= 0.3 is 5.97 Å². The Morgan fingerprint density at radius 3 is 2.63 bits per heavy atom. The summed E-state index contributed by atoms with van der Waals surface area (Å²) in [5.41, 5.74) is 3.04. The molecule has 5 rings (SSSR count). The van der Waals surface area contributed by atoms with Crippen LogP contribution < -0.4 is 15.4 Å². The number of carbonyl (C=O) groups excluding carboxylic acids is 3. The molecule has 43 heavy (non-hydrogen) atoms. The van der Waals surface area contributed by atoms with Crippen LogP contribution in [-0.2, 0) is 41.9 Å². The molecule has 10 nitrogen and oxygen atoms in total. The van der Waals surface area contributed by atoms with Crippen molar-refractivity contribution in [2.75, 3.05) is 24.8 Å². The van der Waals surface area contributed by atoms with Crippen LogP contribution in [0.5, 0.6) is 5.75 Å². The van der Waals surface area contributed by atoms with E-state index in [9.17, 15) is 14.4 Å². The number of amides is 2. The van der Waals surface area contributed by atoms with Crippen molar-refractivity contribution in [3.8, 4) is 5.75 Å². The van der Waals surface area contributed by atoms with Crippen molar-refractivity contribution in [2.45, 2.75) is 50.9 Å². The average Bonchev–Trinajstić information content (AvgIpc) is 3.73. The number of nitrogens with one attached hydrogen (secondary N) is 2. The van der Waals surface area contributed by atoms with E-state index in [0.29, 0.717) is 39.4 Å². The van der Waals surface area contributed by atoms with Crippen molar-refractivity contribution < 1.29 is 23.9 Å². The molecule has 0 bridgehead atoms. The predicted octanol–water partition coefficient (Wildman–Crippen LogP) is 4.92. The maximum atomic E-state index is 13.1. The highest BCUT2D eigenvalue weighted by Gasteiger charge is 2.28. The second kappa shape index (κ2) is 14.3. The topological polar surface area (TPSA) is 124 Å². The summed E-state index contributed by atoms with van der Waals surface area (Å²) in [5, 5.41) is 15.6. The maximum Gasteiger partial charge on any atom is 0.341 e. The summed E-state index contributed by atoms with van der Waals surface area (Å²) >= 11 is 2.71. The van der Waals surface area contributed by atoms with Gasteiger partial charge < -0.3 is 24.7 Å². The highest BCUT2D eigenvalue weighted by molar-refractivity contribution is 7.99. The van der Waals surface area contributed by atoms with E-state index in [2.05, 4.69) is 20.8 Å². The molecule has 12 heteroatoms. The summed E-state index contributed by atoms with van der Waals surface area (Å²) in [6.07, 6.45) is 3.43. The number of aryl methyl sites for hydroxylation is 2. The third-order valence-electron chi connectivity index (χ3n) is 7.01.